The second kappa shape index (κ2) is 4.63. The first-order valence-electron chi connectivity index (χ1n) is 6.16. The van der Waals surface area contributed by atoms with E-state index in [1.165, 1.54) is 33.8 Å². The lowest BCUT2D eigenvalue weighted by atomic mass is 10.00. The summed E-state index contributed by atoms with van der Waals surface area (Å²) < 4.78 is 0. The molecule has 1 nitrogen and oxygen atoms in total. The Morgan fingerprint density at radius 3 is 2.71 bits per heavy atom. The lowest BCUT2D eigenvalue weighted by Gasteiger charge is -2.28. The Labute approximate surface area is 107 Å². The maximum Gasteiger partial charge on any atom is 0.0331 e. The molecule has 0 fully saturated rings. The van der Waals surface area contributed by atoms with E-state index >= 15 is 0 Å². The van der Waals surface area contributed by atoms with Crippen LogP contribution in [0.1, 0.15) is 20.9 Å². The number of thiophene rings is 1. The predicted molar refractivity (Wildman–Crippen MR) is 73.3 cm³/mol. The molecule has 2 heteroatoms. The number of hydrogen-bond donors (Lipinski definition) is 0. The summed E-state index contributed by atoms with van der Waals surface area (Å²) in [5.41, 5.74) is 3.04. The summed E-state index contributed by atoms with van der Waals surface area (Å²) in [5.74, 6) is 0. The number of fused-ring (bicyclic) bond motifs is 1. The van der Waals surface area contributed by atoms with Crippen LogP contribution in [0.5, 0.6) is 0 Å². The topological polar surface area (TPSA) is 3.24 Å². The van der Waals surface area contributed by atoms with Gasteiger partial charge >= 0.3 is 0 Å². The van der Waals surface area contributed by atoms with Crippen LogP contribution in [0, 0.1) is 6.92 Å². The molecule has 88 valence electrons. The van der Waals surface area contributed by atoms with Crippen LogP contribution in [0.4, 0.5) is 0 Å². The van der Waals surface area contributed by atoms with E-state index in [0.29, 0.717) is 0 Å². The molecule has 1 aromatic carbocycles. The van der Waals surface area contributed by atoms with Gasteiger partial charge in [0.25, 0.3) is 0 Å². The summed E-state index contributed by atoms with van der Waals surface area (Å²) in [6, 6.07) is 13.3. The van der Waals surface area contributed by atoms with Crippen LogP contribution >= 0.6 is 11.3 Å². The van der Waals surface area contributed by atoms with Crippen molar-refractivity contribution in [1.29, 1.82) is 0 Å². The molecular weight excluding hydrogens is 226 g/mol. The molecule has 17 heavy (non-hydrogen) atoms. The van der Waals surface area contributed by atoms with E-state index in [1.54, 1.807) is 0 Å². The van der Waals surface area contributed by atoms with Crippen molar-refractivity contribution in [1.82, 2.24) is 4.90 Å². The van der Waals surface area contributed by atoms with Gasteiger partial charge in [-0.25, -0.2) is 0 Å². The first kappa shape index (κ1) is 11.0. The van der Waals surface area contributed by atoms with Crippen molar-refractivity contribution in [3.8, 4) is 0 Å². The van der Waals surface area contributed by atoms with E-state index in [1.807, 2.05) is 11.3 Å². The first-order valence-corrected chi connectivity index (χ1v) is 6.97. The maximum atomic E-state index is 2.55. The monoisotopic (exact) mass is 243 g/mol. The molecule has 2 heterocycles. The zero-order chi connectivity index (χ0) is 11.7. The molecule has 0 spiro atoms. The minimum absolute atomic E-state index is 1.10. The molecule has 0 unspecified atom stereocenters. The summed E-state index contributed by atoms with van der Waals surface area (Å²) >= 11 is 1.92. The van der Waals surface area contributed by atoms with Crippen LogP contribution < -0.4 is 0 Å². The SMILES string of the molecule is Cc1ccc(CN2CCc3ccccc3C2)s1. The molecule has 0 saturated heterocycles. The van der Waals surface area contributed by atoms with Crippen LogP contribution in [-0.2, 0) is 19.5 Å². The van der Waals surface area contributed by atoms with E-state index in [-0.39, 0.29) is 0 Å². The second-order valence-corrected chi connectivity index (χ2v) is 6.11. The highest BCUT2D eigenvalue weighted by Crippen LogP contribution is 2.22. The number of hydrogen-bond acceptors (Lipinski definition) is 2. The highest BCUT2D eigenvalue weighted by molar-refractivity contribution is 7.11. The lowest BCUT2D eigenvalue weighted by molar-refractivity contribution is 0.248. The normalized spacial score (nSPS) is 15.8. The molecule has 0 aliphatic carbocycles. The maximum absolute atomic E-state index is 2.55. The summed E-state index contributed by atoms with van der Waals surface area (Å²) in [6.45, 7) is 5.58. The molecular formula is C15H17NS. The fourth-order valence-electron chi connectivity index (χ4n) is 2.48. The smallest absolute Gasteiger partial charge is 0.0331 e. The van der Waals surface area contributed by atoms with Gasteiger partial charge in [-0.15, -0.1) is 11.3 Å². The summed E-state index contributed by atoms with van der Waals surface area (Å²) in [7, 11) is 0. The Morgan fingerprint density at radius 2 is 1.94 bits per heavy atom. The third-order valence-corrected chi connectivity index (χ3v) is 4.37. The Hall–Kier alpha value is -1.12. The van der Waals surface area contributed by atoms with Crippen LogP contribution in [-0.4, -0.2) is 11.4 Å². The van der Waals surface area contributed by atoms with Crippen molar-refractivity contribution >= 4 is 11.3 Å². The number of nitrogens with zero attached hydrogens (tertiary/aromatic N) is 1. The van der Waals surface area contributed by atoms with Crippen LogP contribution in [0.2, 0.25) is 0 Å². The molecule has 2 aromatic rings. The highest BCUT2D eigenvalue weighted by atomic mass is 32.1. The van der Waals surface area contributed by atoms with Gasteiger partial charge in [0.2, 0.25) is 0 Å². The third-order valence-electron chi connectivity index (χ3n) is 3.39. The van der Waals surface area contributed by atoms with Crippen LogP contribution in [0.25, 0.3) is 0 Å². The minimum Gasteiger partial charge on any atom is -0.294 e. The molecule has 1 aromatic heterocycles. The highest BCUT2D eigenvalue weighted by Gasteiger charge is 2.15. The van der Waals surface area contributed by atoms with Gasteiger partial charge in [-0.3, -0.25) is 4.90 Å². The molecule has 0 atom stereocenters. The quantitative estimate of drug-likeness (QED) is 0.779. The van der Waals surface area contributed by atoms with Crippen molar-refractivity contribution in [3.63, 3.8) is 0 Å². The Morgan fingerprint density at radius 1 is 1.12 bits per heavy atom. The van der Waals surface area contributed by atoms with E-state index in [9.17, 15) is 0 Å². The average Bonchev–Trinajstić information content (AvgIpc) is 2.75. The van der Waals surface area contributed by atoms with Crippen molar-refractivity contribution in [2.45, 2.75) is 26.4 Å². The van der Waals surface area contributed by atoms with Gasteiger partial charge in [0.05, 0.1) is 0 Å². The van der Waals surface area contributed by atoms with E-state index in [0.717, 1.165) is 13.1 Å². The van der Waals surface area contributed by atoms with Crippen LogP contribution in [0.3, 0.4) is 0 Å². The van der Waals surface area contributed by atoms with Gasteiger partial charge in [0.15, 0.2) is 0 Å². The predicted octanol–water partition coefficient (Wildman–Crippen LogP) is 3.61. The Kier molecular flexibility index (Phi) is 3.00. The molecule has 1 aliphatic heterocycles. The Bertz CT molecular complexity index is 515. The summed E-state index contributed by atoms with van der Waals surface area (Å²) in [4.78, 5) is 5.45. The molecule has 0 bridgehead atoms. The number of rotatable bonds is 2. The fourth-order valence-corrected chi connectivity index (χ4v) is 3.41. The van der Waals surface area contributed by atoms with Crippen molar-refractivity contribution in [3.05, 3.63) is 57.3 Å². The standard InChI is InChI=1S/C15H17NS/c1-12-6-7-15(17-12)11-16-9-8-13-4-2-3-5-14(13)10-16/h2-7H,8-11H2,1H3. The average molecular weight is 243 g/mol. The van der Waals surface area contributed by atoms with Gasteiger partial charge in [0.1, 0.15) is 0 Å². The zero-order valence-corrected chi connectivity index (χ0v) is 11.0. The van der Waals surface area contributed by atoms with Gasteiger partial charge in [-0.05, 0) is 36.6 Å². The van der Waals surface area contributed by atoms with E-state index in [4.69, 9.17) is 0 Å². The fraction of sp³-hybridized carbons (Fsp3) is 0.333. The molecule has 0 N–H and O–H groups in total. The van der Waals surface area contributed by atoms with Gasteiger partial charge in [-0.1, -0.05) is 24.3 Å². The number of benzene rings is 1. The lowest BCUT2D eigenvalue weighted by Crippen LogP contribution is -2.29. The minimum atomic E-state index is 1.10. The second-order valence-electron chi connectivity index (χ2n) is 4.74. The summed E-state index contributed by atoms with van der Waals surface area (Å²) in [6.07, 6.45) is 1.19. The van der Waals surface area contributed by atoms with Crippen LogP contribution in [0.15, 0.2) is 36.4 Å². The van der Waals surface area contributed by atoms with Crippen molar-refractivity contribution < 1.29 is 0 Å². The largest absolute Gasteiger partial charge is 0.294 e. The summed E-state index contributed by atoms with van der Waals surface area (Å²) in [5, 5.41) is 0. The van der Waals surface area contributed by atoms with Gasteiger partial charge in [0, 0.05) is 29.4 Å². The molecule has 0 amide bonds. The van der Waals surface area contributed by atoms with Gasteiger partial charge < -0.3 is 0 Å². The van der Waals surface area contributed by atoms with E-state index < -0.39 is 0 Å². The molecule has 0 saturated carbocycles. The zero-order valence-electron chi connectivity index (χ0n) is 10.1. The third kappa shape index (κ3) is 2.43. The van der Waals surface area contributed by atoms with Crippen molar-refractivity contribution in [2.75, 3.05) is 6.54 Å². The van der Waals surface area contributed by atoms with Crippen molar-refractivity contribution in [2.24, 2.45) is 0 Å². The number of aryl methyl sites for hydroxylation is 1. The molecule has 0 radical (unpaired) electrons. The Balaban J connectivity index is 1.72. The molecule has 3 rings (SSSR count). The molecule has 1 aliphatic rings. The van der Waals surface area contributed by atoms with E-state index in [2.05, 4.69) is 48.2 Å². The van der Waals surface area contributed by atoms with Gasteiger partial charge in [-0.2, -0.15) is 0 Å². The first-order chi connectivity index (χ1) is 8.31.